The quantitative estimate of drug-likeness (QED) is 0.431. The van der Waals surface area contributed by atoms with Crippen LogP contribution in [0.25, 0.3) is 27.7 Å². The molecule has 30 heavy (non-hydrogen) atoms. The average Bonchev–Trinajstić information content (AvgIpc) is 3.34. The van der Waals surface area contributed by atoms with E-state index in [0.29, 0.717) is 17.8 Å². The van der Waals surface area contributed by atoms with E-state index in [9.17, 15) is 13.2 Å². The van der Waals surface area contributed by atoms with Gasteiger partial charge in [0.15, 0.2) is 5.65 Å². The number of hydrogen-bond donors (Lipinski definition) is 3. The SMILES string of the molecule is FC(F)(F)c1c(-c2c[nH]c3ccccc23)cc(N[C@]2([Si])CCCNC2)c2nccn12. The van der Waals surface area contributed by atoms with Gasteiger partial charge in [0.25, 0.3) is 0 Å². The van der Waals surface area contributed by atoms with Crippen molar-refractivity contribution >= 4 is 32.5 Å². The monoisotopic (exact) mass is 426 g/mol. The number of nitrogens with one attached hydrogen (secondary N) is 3. The molecule has 4 aromatic rings. The largest absolute Gasteiger partial charge is 0.432 e. The molecule has 0 unspecified atom stereocenters. The predicted octanol–water partition coefficient (Wildman–Crippen LogP) is 4.16. The number of fused-ring (bicyclic) bond motifs is 2. The smallest absolute Gasteiger partial charge is 0.379 e. The summed E-state index contributed by atoms with van der Waals surface area (Å²) in [6.45, 7) is 1.57. The van der Waals surface area contributed by atoms with E-state index >= 15 is 0 Å². The van der Waals surface area contributed by atoms with Crippen LogP contribution in [0.4, 0.5) is 18.9 Å². The van der Waals surface area contributed by atoms with Crippen LogP contribution in [0, 0.1) is 0 Å². The third-order valence-electron chi connectivity index (χ3n) is 5.57. The molecule has 0 saturated carbocycles. The molecular formula is C21H19F3N5Si. The van der Waals surface area contributed by atoms with E-state index in [1.807, 2.05) is 24.3 Å². The third kappa shape index (κ3) is 3.18. The topological polar surface area (TPSA) is 57.2 Å². The highest BCUT2D eigenvalue weighted by molar-refractivity contribution is 6.17. The van der Waals surface area contributed by atoms with Crippen molar-refractivity contribution in [3.8, 4) is 11.1 Å². The van der Waals surface area contributed by atoms with Gasteiger partial charge in [-0.15, -0.1) is 0 Å². The summed E-state index contributed by atoms with van der Waals surface area (Å²) in [4.78, 5) is 7.31. The van der Waals surface area contributed by atoms with Gasteiger partial charge in [-0.05, 0) is 31.5 Å². The molecule has 0 aliphatic carbocycles. The number of benzene rings is 1. The van der Waals surface area contributed by atoms with Gasteiger partial charge in [0.2, 0.25) is 0 Å². The molecule has 1 aliphatic rings. The van der Waals surface area contributed by atoms with Gasteiger partial charge in [-0.25, -0.2) is 4.98 Å². The number of aromatic amines is 1. The van der Waals surface area contributed by atoms with Crippen LogP contribution in [0.15, 0.2) is 48.9 Å². The Morgan fingerprint density at radius 1 is 1.20 bits per heavy atom. The first-order valence-electron chi connectivity index (χ1n) is 9.73. The van der Waals surface area contributed by atoms with Crippen LogP contribution in [0.2, 0.25) is 0 Å². The predicted molar refractivity (Wildman–Crippen MR) is 112 cm³/mol. The Kier molecular flexibility index (Phi) is 4.40. The van der Waals surface area contributed by atoms with Crippen molar-refractivity contribution in [1.82, 2.24) is 19.7 Å². The summed E-state index contributed by atoms with van der Waals surface area (Å²) in [5.74, 6) is 0. The van der Waals surface area contributed by atoms with E-state index in [0.717, 1.165) is 34.7 Å². The lowest BCUT2D eigenvalue weighted by atomic mass is 10.0. The van der Waals surface area contributed by atoms with Crippen molar-refractivity contribution in [2.75, 3.05) is 18.4 Å². The van der Waals surface area contributed by atoms with E-state index in [4.69, 9.17) is 0 Å². The second kappa shape index (κ2) is 6.88. The van der Waals surface area contributed by atoms with Crippen LogP contribution in [-0.4, -0.2) is 42.9 Å². The molecule has 153 valence electrons. The number of H-pyrrole nitrogens is 1. The number of rotatable bonds is 3. The summed E-state index contributed by atoms with van der Waals surface area (Å²) < 4.78 is 43.8. The average molecular weight is 426 g/mol. The van der Waals surface area contributed by atoms with Gasteiger partial charge in [-0.3, -0.25) is 4.40 Å². The van der Waals surface area contributed by atoms with E-state index in [-0.39, 0.29) is 11.2 Å². The van der Waals surface area contributed by atoms with E-state index < -0.39 is 17.0 Å². The van der Waals surface area contributed by atoms with Crippen molar-refractivity contribution in [1.29, 1.82) is 0 Å². The zero-order valence-corrected chi connectivity index (χ0v) is 17.0. The van der Waals surface area contributed by atoms with Crippen LogP contribution in [0.5, 0.6) is 0 Å². The zero-order valence-electron chi connectivity index (χ0n) is 16.0. The van der Waals surface area contributed by atoms with Crippen LogP contribution in [-0.2, 0) is 6.18 Å². The molecule has 1 atom stereocenters. The lowest BCUT2D eigenvalue weighted by Crippen LogP contribution is -2.51. The number of imidazole rings is 1. The minimum absolute atomic E-state index is 0.104. The first-order valence-corrected chi connectivity index (χ1v) is 10.2. The summed E-state index contributed by atoms with van der Waals surface area (Å²) in [7, 11) is 3.80. The molecule has 3 radical (unpaired) electrons. The molecule has 1 aliphatic heterocycles. The Hall–Kier alpha value is -2.78. The maximum atomic E-state index is 14.2. The molecule has 0 bridgehead atoms. The Labute approximate surface area is 174 Å². The minimum Gasteiger partial charge on any atom is -0.379 e. The lowest BCUT2D eigenvalue weighted by molar-refractivity contribution is -0.141. The Bertz CT molecular complexity index is 1220. The fourth-order valence-electron chi connectivity index (χ4n) is 4.24. The Morgan fingerprint density at radius 3 is 2.80 bits per heavy atom. The molecule has 3 N–H and O–H groups in total. The summed E-state index contributed by atoms with van der Waals surface area (Å²) in [5, 5.41) is 7.00. The highest BCUT2D eigenvalue weighted by atomic mass is 28.1. The summed E-state index contributed by atoms with van der Waals surface area (Å²) >= 11 is 0. The van der Waals surface area contributed by atoms with Crippen LogP contribution < -0.4 is 10.6 Å². The van der Waals surface area contributed by atoms with Crippen LogP contribution >= 0.6 is 0 Å². The maximum absolute atomic E-state index is 14.2. The molecule has 9 heteroatoms. The van der Waals surface area contributed by atoms with Crippen molar-refractivity contribution in [2.24, 2.45) is 0 Å². The summed E-state index contributed by atoms with van der Waals surface area (Å²) in [5.41, 5.74) is 1.44. The van der Waals surface area contributed by atoms with Gasteiger partial charge in [0, 0.05) is 52.3 Å². The van der Waals surface area contributed by atoms with Crippen molar-refractivity contribution in [3.63, 3.8) is 0 Å². The first kappa shape index (κ1) is 19.2. The number of para-hydroxylation sites is 1. The van der Waals surface area contributed by atoms with Gasteiger partial charge in [0.05, 0.1) is 15.9 Å². The number of halogens is 3. The molecule has 1 aromatic carbocycles. The molecule has 4 heterocycles. The van der Waals surface area contributed by atoms with Crippen molar-refractivity contribution < 1.29 is 13.2 Å². The fourth-order valence-corrected chi connectivity index (χ4v) is 4.68. The lowest BCUT2D eigenvalue weighted by Gasteiger charge is -2.36. The molecule has 1 saturated heterocycles. The van der Waals surface area contributed by atoms with E-state index in [1.165, 1.54) is 12.4 Å². The van der Waals surface area contributed by atoms with Gasteiger partial charge in [0.1, 0.15) is 5.69 Å². The highest BCUT2D eigenvalue weighted by Crippen LogP contribution is 2.42. The zero-order chi connectivity index (χ0) is 20.9. The number of aromatic nitrogens is 3. The molecule has 0 amide bonds. The second-order valence-electron chi connectivity index (χ2n) is 7.67. The molecule has 5 nitrogen and oxygen atoms in total. The number of pyridine rings is 1. The Morgan fingerprint density at radius 2 is 2.03 bits per heavy atom. The van der Waals surface area contributed by atoms with Gasteiger partial charge < -0.3 is 15.6 Å². The summed E-state index contributed by atoms with van der Waals surface area (Å²) in [6.07, 6.45) is 1.64. The second-order valence-corrected chi connectivity index (χ2v) is 8.63. The third-order valence-corrected chi connectivity index (χ3v) is 6.12. The standard InChI is InChI=1S/C21H19F3N5Si/c22-21(23,24)18-14(15-11-27-16-5-2-1-4-13(15)16)10-17(19-26-8-9-29(18)19)28-20(30)6-3-7-25-12-20/h1-2,4-5,8-11,25,27-28H,3,6-7,12H2/t20-/m0/s1. The molecule has 3 aromatic heterocycles. The first-order chi connectivity index (χ1) is 14.4. The van der Waals surface area contributed by atoms with Crippen molar-refractivity contribution in [3.05, 3.63) is 54.6 Å². The minimum atomic E-state index is -4.55. The number of hydrogen-bond acceptors (Lipinski definition) is 3. The van der Waals surface area contributed by atoms with Crippen LogP contribution in [0.1, 0.15) is 18.5 Å². The highest BCUT2D eigenvalue weighted by Gasteiger charge is 2.38. The normalized spacial score (nSPS) is 20.1. The molecule has 0 spiro atoms. The van der Waals surface area contributed by atoms with E-state index in [1.54, 1.807) is 12.3 Å². The molecule has 1 fully saturated rings. The van der Waals surface area contributed by atoms with Crippen molar-refractivity contribution in [2.45, 2.75) is 24.2 Å². The number of alkyl halides is 3. The Balaban J connectivity index is 1.76. The van der Waals surface area contributed by atoms with Gasteiger partial charge >= 0.3 is 6.18 Å². The van der Waals surface area contributed by atoms with Crippen LogP contribution in [0.3, 0.4) is 0 Å². The number of piperidine rings is 1. The van der Waals surface area contributed by atoms with Gasteiger partial charge in [-0.1, -0.05) is 18.2 Å². The maximum Gasteiger partial charge on any atom is 0.432 e. The van der Waals surface area contributed by atoms with Gasteiger partial charge in [-0.2, -0.15) is 13.2 Å². The fraction of sp³-hybridized carbons (Fsp3) is 0.286. The number of anilines is 1. The molecular weight excluding hydrogens is 407 g/mol. The molecule has 5 rings (SSSR count). The summed E-state index contributed by atoms with van der Waals surface area (Å²) in [6, 6.07) is 8.91. The van der Waals surface area contributed by atoms with E-state index in [2.05, 4.69) is 30.8 Å². The number of nitrogens with zero attached hydrogens (tertiary/aromatic N) is 2.